The summed E-state index contributed by atoms with van der Waals surface area (Å²) in [5, 5.41) is 0. The normalized spacial score (nSPS) is 15.8. The first kappa shape index (κ1) is 15.5. The van der Waals surface area contributed by atoms with Crippen LogP contribution in [0, 0.1) is 5.92 Å². The van der Waals surface area contributed by atoms with Gasteiger partial charge < -0.3 is 4.90 Å². The highest BCUT2D eigenvalue weighted by molar-refractivity contribution is 6.17. The average molecular weight is 306 g/mol. The lowest BCUT2D eigenvalue weighted by molar-refractivity contribution is -0.138. The molecule has 0 aromatic heterocycles. The van der Waals surface area contributed by atoms with Crippen LogP contribution in [0.25, 0.3) is 0 Å². The average Bonchev–Trinajstić information content (AvgIpc) is 3.18. The largest absolute Gasteiger partial charge is 0.416 e. The predicted octanol–water partition coefficient (Wildman–Crippen LogP) is 5.07. The highest BCUT2D eigenvalue weighted by Gasteiger charge is 2.35. The van der Waals surface area contributed by atoms with Crippen molar-refractivity contribution in [2.24, 2.45) is 5.92 Å². The highest BCUT2D eigenvalue weighted by atomic mass is 35.5. The molecule has 1 aromatic carbocycles. The Morgan fingerprint density at radius 1 is 1.30 bits per heavy atom. The van der Waals surface area contributed by atoms with E-state index in [-0.39, 0.29) is 11.4 Å². The van der Waals surface area contributed by atoms with Crippen molar-refractivity contribution >= 4 is 17.3 Å². The van der Waals surface area contributed by atoms with Gasteiger partial charge in [0.2, 0.25) is 0 Å². The van der Waals surface area contributed by atoms with E-state index in [4.69, 9.17) is 11.6 Å². The lowest BCUT2D eigenvalue weighted by Gasteiger charge is -2.28. The fraction of sp³-hybridized carbons (Fsp3) is 0.600. The Morgan fingerprint density at radius 3 is 2.40 bits per heavy atom. The van der Waals surface area contributed by atoms with Crippen LogP contribution in [0.3, 0.4) is 0 Å². The first-order valence-electron chi connectivity index (χ1n) is 6.85. The van der Waals surface area contributed by atoms with Crippen LogP contribution >= 0.6 is 11.6 Å². The second-order valence-electron chi connectivity index (χ2n) is 5.75. The molecule has 0 spiro atoms. The molecule has 0 heterocycles. The van der Waals surface area contributed by atoms with Crippen molar-refractivity contribution in [1.82, 2.24) is 0 Å². The first-order valence-corrected chi connectivity index (χ1v) is 7.39. The fourth-order valence-electron chi connectivity index (χ4n) is 2.37. The third-order valence-corrected chi connectivity index (χ3v) is 3.71. The van der Waals surface area contributed by atoms with Gasteiger partial charge in [0.05, 0.1) is 5.56 Å². The number of nitrogens with zero attached hydrogens (tertiary/aromatic N) is 1. The molecule has 1 fully saturated rings. The standard InChI is InChI=1S/C15H19ClF3N/c1-10(2)9-20(12-5-6-12)13-4-3-11(8-16)14(7-13)15(17,18)19/h3-4,7,10,12H,5-6,8-9H2,1-2H3. The minimum Gasteiger partial charge on any atom is -0.368 e. The Bertz CT molecular complexity index is 467. The Kier molecular flexibility index (Phi) is 4.52. The molecule has 0 atom stereocenters. The molecule has 20 heavy (non-hydrogen) atoms. The molecule has 1 saturated carbocycles. The minimum absolute atomic E-state index is 0.122. The van der Waals surface area contributed by atoms with Crippen LogP contribution in [0.4, 0.5) is 18.9 Å². The highest BCUT2D eigenvalue weighted by Crippen LogP contribution is 2.38. The van der Waals surface area contributed by atoms with Gasteiger partial charge in [-0.15, -0.1) is 11.6 Å². The summed E-state index contributed by atoms with van der Waals surface area (Å²) in [6.07, 6.45) is -2.23. The topological polar surface area (TPSA) is 3.24 Å². The first-order chi connectivity index (χ1) is 9.32. The minimum atomic E-state index is -4.35. The zero-order valence-corrected chi connectivity index (χ0v) is 12.4. The zero-order valence-electron chi connectivity index (χ0n) is 11.7. The van der Waals surface area contributed by atoms with E-state index in [2.05, 4.69) is 18.7 Å². The third-order valence-electron chi connectivity index (χ3n) is 3.42. The number of hydrogen-bond acceptors (Lipinski definition) is 1. The van der Waals surface area contributed by atoms with E-state index in [0.717, 1.165) is 19.4 Å². The van der Waals surface area contributed by atoms with Gasteiger partial charge >= 0.3 is 6.18 Å². The molecular formula is C15H19ClF3N. The summed E-state index contributed by atoms with van der Waals surface area (Å²) in [6, 6.07) is 4.90. The molecule has 1 aromatic rings. The molecule has 1 aliphatic rings. The van der Waals surface area contributed by atoms with Gasteiger partial charge in [-0.2, -0.15) is 13.2 Å². The summed E-state index contributed by atoms with van der Waals surface area (Å²) >= 11 is 5.62. The van der Waals surface area contributed by atoms with E-state index in [9.17, 15) is 13.2 Å². The van der Waals surface area contributed by atoms with Gasteiger partial charge in [0, 0.05) is 24.2 Å². The fourth-order valence-corrected chi connectivity index (χ4v) is 2.60. The van der Waals surface area contributed by atoms with E-state index in [1.54, 1.807) is 6.07 Å². The van der Waals surface area contributed by atoms with Crippen molar-refractivity contribution in [3.05, 3.63) is 29.3 Å². The summed E-state index contributed by atoms with van der Waals surface area (Å²) in [6.45, 7) is 4.93. The van der Waals surface area contributed by atoms with Crippen LogP contribution in [-0.2, 0) is 12.1 Å². The van der Waals surface area contributed by atoms with Gasteiger partial charge in [0.15, 0.2) is 0 Å². The van der Waals surface area contributed by atoms with Crippen LogP contribution in [0.2, 0.25) is 0 Å². The zero-order chi connectivity index (χ0) is 14.9. The van der Waals surface area contributed by atoms with E-state index in [0.29, 0.717) is 17.6 Å². The molecule has 112 valence electrons. The molecule has 0 radical (unpaired) electrons. The van der Waals surface area contributed by atoms with Gasteiger partial charge in [-0.1, -0.05) is 19.9 Å². The van der Waals surface area contributed by atoms with Crippen molar-refractivity contribution < 1.29 is 13.2 Å². The summed E-state index contributed by atoms with van der Waals surface area (Å²) in [7, 11) is 0. The number of halogens is 4. The lowest BCUT2D eigenvalue weighted by atomic mass is 10.1. The molecular weight excluding hydrogens is 287 g/mol. The summed E-state index contributed by atoms with van der Waals surface area (Å²) < 4.78 is 39.2. The van der Waals surface area contributed by atoms with Gasteiger partial charge in [0.25, 0.3) is 0 Å². The molecule has 1 aliphatic carbocycles. The summed E-state index contributed by atoms with van der Waals surface area (Å²) in [5.74, 6) is 0.292. The van der Waals surface area contributed by atoms with Crippen LogP contribution in [0.15, 0.2) is 18.2 Å². The molecule has 5 heteroatoms. The van der Waals surface area contributed by atoms with Crippen molar-refractivity contribution in [1.29, 1.82) is 0 Å². The number of alkyl halides is 4. The van der Waals surface area contributed by atoms with Crippen molar-refractivity contribution in [2.45, 2.75) is 44.8 Å². The second kappa shape index (κ2) is 5.84. The molecule has 1 nitrogen and oxygen atoms in total. The number of anilines is 1. The maximum absolute atomic E-state index is 13.1. The van der Waals surface area contributed by atoms with Gasteiger partial charge in [-0.3, -0.25) is 0 Å². The monoisotopic (exact) mass is 305 g/mol. The van der Waals surface area contributed by atoms with E-state index in [1.807, 2.05) is 0 Å². The number of hydrogen-bond donors (Lipinski definition) is 0. The van der Waals surface area contributed by atoms with Crippen LogP contribution in [-0.4, -0.2) is 12.6 Å². The van der Waals surface area contributed by atoms with Crippen molar-refractivity contribution in [3.8, 4) is 0 Å². The van der Waals surface area contributed by atoms with Crippen molar-refractivity contribution in [3.63, 3.8) is 0 Å². The Labute approximate surface area is 122 Å². The molecule has 0 bridgehead atoms. The molecule has 2 rings (SSSR count). The van der Waals surface area contributed by atoms with Crippen LogP contribution in [0.5, 0.6) is 0 Å². The molecule has 0 saturated heterocycles. The Hall–Kier alpha value is -0.900. The van der Waals surface area contributed by atoms with E-state index < -0.39 is 11.7 Å². The number of rotatable bonds is 5. The van der Waals surface area contributed by atoms with Gasteiger partial charge in [0.1, 0.15) is 0 Å². The maximum Gasteiger partial charge on any atom is 0.416 e. The predicted molar refractivity (Wildman–Crippen MR) is 76.2 cm³/mol. The molecule has 0 unspecified atom stereocenters. The van der Waals surface area contributed by atoms with Gasteiger partial charge in [-0.05, 0) is 36.5 Å². The third kappa shape index (κ3) is 3.60. The van der Waals surface area contributed by atoms with Gasteiger partial charge in [-0.25, -0.2) is 0 Å². The molecule has 0 aliphatic heterocycles. The van der Waals surface area contributed by atoms with E-state index >= 15 is 0 Å². The summed E-state index contributed by atoms with van der Waals surface area (Å²) in [4.78, 5) is 2.10. The SMILES string of the molecule is CC(C)CN(c1ccc(CCl)c(C(F)(F)F)c1)C1CC1. The van der Waals surface area contributed by atoms with Crippen molar-refractivity contribution in [2.75, 3.05) is 11.4 Å². The summed E-state index contributed by atoms with van der Waals surface area (Å²) in [5.41, 5.74) is 0.185. The van der Waals surface area contributed by atoms with E-state index in [1.165, 1.54) is 12.1 Å². The molecule has 0 N–H and O–H groups in total. The second-order valence-corrected chi connectivity index (χ2v) is 6.02. The Balaban J connectivity index is 2.35. The smallest absolute Gasteiger partial charge is 0.368 e. The van der Waals surface area contributed by atoms with Crippen LogP contribution in [0.1, 0.15) is 37.8 Å². The lowest BCUT2D eigenvalue weighted by Crippen LogP contribution is -2.30. The quantitative estimate of drug-likeness (QED) is 0.687. The molecule has 0 amide bonds. The maximum atomic E-state index is 13.1. The number of benzene rings is 1. The van der Waals surface area contributed by atoms with Crippen LogP contribution < -0.4 is 4.90 Å². The Morgan fingerprint density at radius 2 is 1.95 bits per heavy atom.